The van der Waals surface area contributed by atoms with E-state index in [1.165, 1.54) is 12.1 Å². The summed E-state index contributed by atoms with van der Waals surface area (Å²) in [4.78, 5) is 0.904. The molecular weight excluding hydrogens is 291 g/mol. The summed E-state index contributed by atoms with van der Waals surface area (Å²) in [5.41, 5.74) is 7.46. The molecule has 3 N–H and O–H groups in total. The minimum atomic E-state index is -1.54. The number of amidine groups is 1. The van der Waals surface area contributed by atoms with Crippen molar-refractivity contribution in [3.8, 4) is 0 Å². The molecule has 0 amide bonds. The quantitative estimate of drug-likeness (QED) is 0.314. The Morgan fingerprint density at radius 1 is 1.10 bits per heavy atom. The average Bonchev–Trinajstić information content (AvgIpc) is 2.64. The Labute approximate surface area is 122 Å². The molecule has 6 heteroatoms. The zero-order valence-electron chi connectivity index (χ0n) is 10.8. The molecule has 0 aliphatic carbocycles. The zero-order valence-corrected chi connectivity index (χ0v) is 11.6. The molecule has 1 aliphatic heterocycles. The van der Waals surface area contributed by atoms with E-state index in [1.807, 2.05) is 6.08 Å². The van der Waals surface area contributed by atoms with Crippen molar-refractivity contribution < 1.29 is 13.8 Å². The Morgan fingerprint density at radius 2 is 1.71 bits per heavy atom. The molecule has 3 rings (SSSR count). The maximum absolute atomic E-state index is 13.4. The minimum absolute atomic E-state index is 0.0671. The van der Waals surface area contributed by atoms with Gasteiger partial charge in [0.15, 0.2) is 5.84 Å². The summed E-state index contributed by atoms with van der Waals surface area (Å²) in [5.74, 6) is -0.506. The van der Waals surface area contributed by atoms with E-state index >= 15 is 0 Å². The van der Waals surface area contributed by atoms with Crippen LogP contribution >= 0.6 is 0 Å². The van der Waals surface area contributed by atoms with Gasteiger partial charge in [-0.2, -0.15) is 0 Å². The second-order valence-corrected chi connectivity index (χ2v) is 5.94. The summed E-state index contributed by atoms with van der Waals surface area (Å²) in [6, 6.07) is 9.19. The molecule has 0 bridgehead atoms. The third-order valence-electron chi connectivity index (χ3n) is 3.23. The van der Waals surface area contributed by atoms with Crippen LogP contribution in [0.5, 0.6) is 0 Å². The number of halogens is 1. The van der Waals surface area contributed by atoms with E-state index in [1.54, 1.807) is 30.3 Å². The van der Waals surface area contributed by atoms with Gasteiger partial charge in [-0.3, -0.25) is 0 Å². The fraction of sp³-hybridized carbons (Fsp3) is 0. The van der Waals surface area contributed by atoms with Crippen molar-refractivity contribution in [3.63, 3.8) is 0 Å². The van der Waals surface area contributed by atoms with Gasteiger partial charge in [0.25, 0.3) is 0 Å². The molecule has 0 fully saturated rings. The van der Waals surface area contributed by atoms with Crippen molar-refractivity contribution in [3.05, 3.63) is 58.9 Å². The van der Waals surface area contributed by atoms with Gasteiger partial charge in [-0.1, -0.05) is 35.5 Å². The molecule has 2 aromatic rings. The van der Waals surface area contributed by atoms with Crippen LogP contribution in [0.3, 0.4) is 0 Å². The van der Waals surface area contributed by atoms with Gasteiger partial charge in [0.1, 0.15) is 5.82 Å². The first-order chi connectivity index (χ1) is 10.1. The molecule has 0 radical (unpaired) electrons. The molecule has 106 valence electrons. The smallest absolute Gasteiger partial charge is 0.170 e. The molecule has 0 spiro atoms. The average molecular weight is 302 g/mol. The van der Waals surface area contributed by atoms with Crippen LogP contribution in [0.15, 0.2) is 51.3 Å². The third-order valence-corrected chi connectivity index (χ3v) is 4.74. The van der Waals surface area contributed by atoms with Crippen molar-refractivity contribution in [2.45, 2.75) is 9.79 Å². The van der Waals surface area contributed by atoms with Gasteiger partial charge in [-0.05, 0) is 29.3 Å². The number of hydrogen-bond donors (Lipinski definition) is 2. The normalized spacial score (nSPS) is 17.0. The van der Waals surface area contributed by atoms with Gasteiger partial charge in [-0.25, -0.2) is 8.60 Å². The number of rotatable bonds is 1. The topological polar surface area (TPSA) is 75.7 Å². The van der Waals surface area contributed by atoms with Crippen molar-refractivity contribution >= 4 is 28.8 Å². The molecule has 21 heavy (non-hydrogen) atoms. The number of oxime groups is 1. The summed E-state index contributed by atoms with van der Waals surface area (Å²) < 4.78 is 26.1. The number of nitrogens with zero attached hydrogens (tertiary/aromatic N) is 1. The summed E-state index contributed by atoms with van der Waals surface area (Å²) >= 11 is 0. The first-order valence-corrected chi connectivity index (χ1v) is 7.26. The van der Waals surface area contributed by atoms with Crippen LogP contribution in [-0.2, 0) is 10.8 Å². The summed E-state index contributed by atoms with van der Waals surface area (Å²) in [6.45, 7) is 0. The van der Waals surface area contributed by atoms with E-state index < -0.39 is 16.6 Å². The van der Waals surface area contributed by atoms with Crippen LogP contribution in [0.2, 0.25) is 0 Å². The molecule has 1 heterocycles. The Balaban J connectivity index is 2.21. The summed E-state index contributed by atoms with van der Waals surface area (Å²) in [5, 5.41) is 11.7. The number of fused-ring (bicyclic) bond motifs is 2. The Bertz CT molecular complexity index is 815. The first kappa shape index (κ1) is 13.5. The number of nitrogens with two attached hydrogens (primary N) is 1. The van der Waals surface area contributed by atoms with Crippen LogP contribution in [0.4, 0.5) is 4.39 Å². The Hall–Kier alpha value is -2.47. The lowest BCUT2D eigenvalue weighted by molar-refractivity contribution is 0.318. The van der Waals surface area contributed by atoms with Crippen LogP contribution in [0.1, 0.15) is 16.7 Å². The maximum atomic E-state index is 13.4. The molecule has 4 nitrogen and oxygen atoms in total. The van der Waals surface area contributed by atoms with E-state index in [0.29, 0.717) is 20.9 Å². The second-order valence-electron chi connectivity index (χ2n) is 4.52. The maximum Gasteiger partial charge on any atom is 0.170 e. The fourth-order valence-corrected chi connectivity index (χ4v) is 3.55. The third kappa shape index (κ3) is 2.34. The zero-order chi connectivity index (χ0) is 15.0. The molecule has 0 saturated carbocycles. The van der Waals surface area contributed by atoms with Gasteiger partial charge < -0.3 is 10.9 Å². The van der Waals surface area contributed by atoms with E-state index in [2.05, 4.69) is 5.16 Å². The minimum Gasteiger partial charge on any atom is -0.409 e. The largest absolute Gasteiger partial charge is 0.409 e. The predicted molar refractivity (Wildman–Crippen MR) is 79.0 cm³/mol. The monoisotopic (exact) mass is 302 g/mol. The molecular formula is C15H11FN2O2S. The lowest BCUT2D eigenvalue weighted by Crippen LogP contribution is -2.13. The van der Waals surface area contributed by atoms with Gasteiger partial charge >= 0.3 is 0 Å². The molecule has 1 atom stereocenters. The van der Waals surface area contributed by atoms with Crippen molar-refractivity contribution in [2.24, 2.45) is 10.9 Å². The predicted octanol–water partition coefficient (Wildman–Crippen LogP) is 2.57. The fourth-order valence-electron chi connectivity index (χ4n) is 2.15. The molecule has 2 aromatic carbocycles. The molecule has 1 unspecified atom stereocenters. The first-order valence-electron chi connectivity index (χ1n) is 6.11. The second kappa shape index (κ2) is 5.14. The highest BCUT2D eigenvalue weighted by Gasteiger charge is 2.18. The van der Waals surface area contributed by atoms with Gasteiger partial charge in [0, 0.05) is 5.56 Å². The molecule has 0 saturated heterocycles. The van der Waals surface area contributed by atoms with Crippen LogP contribution in [0, 0.1) is 5.82 Å². The van der Waals surface area contributed by atoms with Crippen LogP contribution in [0.25, 0.3) is 12.2 Å². The number of hydrogen-bond acceptors (Lipinski definition) is 3. The van der Waals surface area contributed by atoms with E-state index in [0.717, 1.165) is 5.56 Å². The van der Waals surface area contributed by atoms with Crippen molar-refractivity contribution in [1.29, 1.82) is 0 Å². The number of benzene rings is 2. The van der Waals surface area contributed by atoms with Gasteiger partial charge in [0.05, 0.1) is 20.6 Å². The van der Waals surface area contributed by atoms with Gasteiger partial charge in [0.2, 0.25) is 0 Å². The molecule has 1 aliphatic rings. The lowest BCUT2D eigenvalue weighted by Gasteiger charge is -2.08. The highest BCUT2D eigenvalue weighted by Crippen LogP contribution is 2.30. The van der Waals surface area contributed by atoms with E-state index in [4.69, 9.17) is 10.9 Å². The van der Waals surface area contributed by atoms with Crippen LogP contribution in [-0.4, -0.2) is 15.3 Å². The van der Waals surface area contributed by atoms with Crippen LogP contribution < -0.4 is 5.73 Å². The Kier molecular flexibility index (Phi) is 3.31. The van der Waals surface area contributed by atoms with E-state index in [-0.39, 0.29) is 5.84 Å². The van der Waals surface area contributed by atoms with Gasteiger partial charge in [-0.15, -0.1) is 0 Å². The molecule has 0 aromatic heterocycles. The lowest BCUT2D eigenvalue weighted by atomic mass is 10.1. The summed E-state index contributed by atoms with van der Waals surface area (Å²) in [7, 11) is -1.54. The highest BCUT2D eigenvalue weighted by atomic mass is 32.2. The van der Waals surface area contributed by atoms with E-state index in [9.17, 15) is 8.60 Å². The highest BCUT2D eigenvalue weighted by molar-refractivity contribution is 7.85. The Morgan fingerprint density at radius 3 is 2.38 bits per heavy atom. The van der Waals surface area contributed by atoms with Crippen molar-refractivity contribution in [1.82, 2.24) is 0 Å². The standard InChI is InChI=1S/C15H11FN2O2S/c16-12-6-5-10-2-1-9-3-4-11(15(17)18-19)7-13(9)21(20)14(10)8-12/h1-8,19H,(H2,17,18). The van der Waals surface area contributed by atoms with Crippen molar-refractivity contribution in [2.75, 3.05) is 0 Å². The summed E-state index contributed by atoms with van der Waals surface area (Å²) in [6.07, 6.45) is 3.61. The SMILES string of the molecule is N/C(=N\O)c1ccc2c(c1)S(=O)c1cc(F)ccc1C=C2.